The van der Waals surface area contributed by atoms with Gasteiger partial charge < -0.3 is 23.7 Å². The summed E-state index contributed by atoms with van der Waals surface area (Å²) in [4.78, 5) is 22.3. The third kappa shape index (κ3) is 7.50. The van der Waals surface area contributed by atoms with Crippen LogP contribution in [0, 0.1) is 0 Å². The van der Waals surface area contributed by atoms with Crippen molar-refractivity contribution < 1.29 is 33.3 Å². The van der Waals surface area contributed by atoms with Gasteiger partial charge in [0, 0.05) is 6.08 Å². The number of rotatable bonds is 12. The molecule has 0 aromatic heterocycles. The van der Waals surface area contributed by atoms with Crippen molar-refractivity contribution >= 4 is 31.1 Å². The van der Waals surface area contributed by atoms with Gasteiger partial charge in [-0.15, -0.1) is 0 Å². The highest BCUT2D eigenvalue weighted by molar-refractivity contribution is 7.55. The average Bonchev–Trinajstić information content (AvgIpc) is 3.62. The molecule has 1 saturated heterocycles. The van der Waals surface area contributed by atoms with Gasteiger partial charge in [0.25, 0.3) is 0 Å². The zero-order valence-electron chi connectivity index (χ0n) is 16.4. The molecule has 1 heterocycles. The van der Waals surface area contributed by atoms with E-state index in [2.05, 4.69) is 6.58 Å². The van der Waals surface area contributed by atoms with E-state index in [4.69, 9.17) is 23.7 Å². The van der Waals surface area contributed by atoms with Crippen LogP contribution in [0.5, 0.6) is 11.5 Å². The van der Waals surface area contributed by atoms with E-state index in [1.807, 2.05) is 48.5 Å². The van der Waals surface area contributed by atoms with Crippen LogP contribution < -0.4 is 20.1 Å². The van der Waals surface area contributed by atoms with E-state index in [-0.39, 0.29) is 31.9 Å². The molecule has 0 radical (unpaired) electrons. The number of esters is 2. The van der Waals surface area contributed by atoms with Crippen molar-refractivity contribution in [2.75, 3.05) is 33.0 Å². The molecule has 8 heteroatoms. The molecule has 7 nitrogen and oxygen atoms in total. The minimum Gasteiger partial charge on any atom is -0.490 e. The third-order valence-electron chi connectivity index (χ3n) is 3.95. The van der Waals surface area contributed by atoms with Crippen LogP contribution in [0.15, 0.2) is 61.2 Å². The predicted molar refractivity (Wildman–Crippen MR) is 113 cm³/mol. The molecule has 2 unspecified atom stereocenters. The van der Waals surface area contributed by atoms with Crippen LogP contribution >= 0.6 is 8.58 Å². The quantitative estimate of drug-likeness (QED) is 0.167. The fraction of sp³-hybridized carbons (Fsp3) is 0.273. The van der Waals surface area contributed by atoms with Gasteiger partial charge in [-0.05, 0) is 34.9 Å². The highest BCUT2D eigenvalue weighted by atomic mass is 31.1. The van der Waals surface area contributed by atoms with Gasteiger partial charge in [-0.25, -0.2) is 9.59 Å². The van der Waals surface area contributed by atoms with E-state index in [1.54, 1.807) is 0 Å². The minimum absolute atomic E-state index is 0.181. The lowest BCUT2D eigenvalue weighted by Crippen LogP contribution is -2.16. The maximum absolute atomic E-state index is 11.3. The second-order valence-corrected chi connectivity index (χ2v) is 7.64. The number of hydrogen-bond acceptors (Lipinski definition) is 7. The summed E-state index contributed by atoms with van der Waals surface area (Å²) in [5, 5.41) is 2.34. The Morgan fingerprint density at radius 1 is 0.900 bits per heavy atom. The number of hydrogen-bond donors (Lipinski definition) is 0. The summed E-state index contributed by atoms with van der Waals surface area (Å²) in [6, 6.07) is 15.6. The zero-order valence-corrected chi connectivity index (χ0v) is 17.4. The summed E-state index contributed by atoms with van der Waals surface area (Å²) in [5.74, 6) is 0.653. The van der Waals surface area contributed by atoms with Crippen molar-refractivity contribution in [3.05, 3.63) is 61.2 Å². The van der Waals surface area contributed by atoms with Crippen molar-refractivity contribution in [2.45, 2.75) is 6.10 Å². The van der Waals surface area contributed by atoms with Crippen LogP contribution in [0.1, 0.15) is 0 Å². The van der Waals surface area contributed by atoms with Gasteiger partial charge in [0.05, 0.1) is 6.61 Å². The smallest absolute Gasteiger partial charge is 0.337 e. The molecule has 2 atom stereocenters. The standard InChI is InChI=1S/C22H23O7P/c1-2-21(23)27-13-11-25-16-3-7-18(8-4-16)30-19-9-5-17(6-10-19)26-12-14-28-22(24)20-15-29-20/h2-10,20,30H,1,11-15H2. The topological polar surface area (TPSA) is 83.6 Å². The van der Waals surface area contributed by atoms with E-state index in [0.717, 1.165) is 17.6 Å². The highest BCUT2D eigenvalue weighted by Crippen LogP contribution is 2.17. The van der Waals surface area contributed by atoms with Gasteiger partial charge in [0.2, 0.25) is 0 Å². The Hall–Kier alpha value is -2.89. The third-order valence-corrected chi connectivity index (χ3v) is 5.20. The maximum atomic E-state index is 11.3. The molecule has 158 valence electrons. The van der Waals surface area contributed by atoms with E-state index < -0.39 is 5.97 Å². The Balaban J connectivity index is 1.36. The summed E-state index contributed by atoms with van der Waals surface area (Å²) in [5.41, 5.74) is 0. The van der Waals surface area contributed by atoms with Crippen LogP contribution in [-0.4, -0.2) is 51.1 Å². The van der Waals surface area contributed by atoms with Gasteiger partial charge in [-0.3, -0.25) is 0 Å². The Bertz CT molecular complexity index is 845. The molecule has 0 amide bonds. The van der Waals surface area contributed by atoms with Crippen molar-refractivity contribution in [1.82, 2.24) is 0 Å². The second-order valence-electron chi connectivity index (χ2n) is 6.23. The first-order chi connectivity index (χ1) is 14.6. The molecule has 0 bridgehead atoms. The molecule has 3 rings (SSSR count). The Labute approximate surface area is 176 Å². The van der Waals surface area contributed by atoms with E-state index in [1.165, 1.54) is 10.6 Å². The van der Waals surface area contributed by atoms with Crippen LogP contribution in [0.2, 0.25) is 0 Å². The highest BCUT2D eigenvalue weighted by Gasteiger charge is 2.32. The monoisotopic (exact) mass is 430 g/mol. The van der Waals surface area contributed by atoms with Crippen molar-refractivity contribution in [3.63, 3.8) is 0 Å². The fourth-order valence-electron chi connectivity index (χ4n) is 2.38. The van der Waals surface area contributed by atoms with Crippen LogP contribution in [0.3, 0.4) is 0 Å². The van der Waals surface area contributed by atoms with E-state index >= 15 is 0 Å². The van der Waals surface area contributed by atoms with Crippen LogP contribution in [0.4, 0.5) is 0 Å². The van der Waals surface area contributed by atoms with Gasteiger partial charge in [-0.1, -0.05) is 39.4 Å². The molecule has 0 spiro atoms. The molecule has 0 aliphatic carbocycles. The average molecular weight is 430 g/mol. The molecule has 2 aromatic carbocycles. The number of epoxide rings is 1. The number of ether oxygens (including phenoxy) is 5. The van der Waals surface area contributed by atoms with Crippen molar-refractivity contribution in [1.29, 1.82) is 0 Å². The molecule has 1 fully saturated rings. The first kappa shape index (κ1) is 21.8. The van der Waals surface area contributed by atoms with Crippen LogP contribution in [0.25, 0.3) is 0 Å². The summed E-state index contributed by atoms with van der Waals surface area (Å²) in [6.45, 7) is 4.75. The normalized spacial score (nSPS) is 14.9. The molecule has 0 saturated carbocycles. The minimum atomic E-state index is -0.460. The molecule has 2 aromatic rings. The summed E-state index contributed by atoms with van der Waals surface area (Å²) >= 11 is 0. The zero-order chi connectivity index (χ0) is 21.2. The number of carbonyl (C=O) groups excluding carboxylic acids is 2. The van der Waals surface area contributed by atoms with E-state index in [0.29, 0.717) is 21.8 Å². The largest absolute Gasteiger partial charge is 0.490 e. The van der Waals surface area contributed by atoms with Gasteiger partial charge in [0.15, 0.2) is 6.10 Å². The molecule has 1 aliphatic rings. The first-order valence-corrected chi connectivity index (χ1v) is 10.4. The fourth-order valence-corrected chi connectivity index (χ4v) is 3.38. The number of benzene rings is 2. The second kappa shape index (κ2) is 11.3. The number of carbonyl (C=O) groups is 2. The Morgan fingerprint density at radius 3 is 1.87 bits per heavy atom. The summed E-state index contributed by atoms with van der Waals surface area (Å²) in [7, 11) is 0.496. The molecule has 30 heavy (non-hydrogen) atoms. The lowest BCUT2D eigenvalue weighted by atomic mass is 10.3. The first-order valence-electron chi connectivity index (χ1n) is 9.44. The Morgan fingerprint density at radius 2 is 1.40 bits per heavy atom. The molecular formula is C22H23O7P. The molecule has 1 aliphatic heterocycles. The van der Waals surface area contributed by atoms with Crippen molar-refractivity contribution in [2.24, 2.45) is 0 Å². The summed E-state index contributed by atoms with van der Waals surface area (Å²) in [6.07, 6.45) is 0.740. The van der Waals surface area contributed by atoms with Gasteiger partial charge in [-0.2, -0.15) is 0 Å². The Kier molecular flexibility index (Phi) is 8.24. The molecule has 0 N–H and O–H groups in total. The SMILES string of the molecule is C=CC(=O)OCCOc1ccc(Pc2ccc(OCCOC(=O)C3CO3)cc2)cc1. The van der Waals surface area contributed by atoms with Gasteiger partial charge in [0.1, 0.15) is 37.9 Å². The maximum Gasteiger partial charge on any atom is 0.337 e. The molecular weight excluding hydrogens is 407 g/mol. The van der Waals surface area contributed by atoms with Gasteiger partial charge >= 0.3 is 11.9 Å². The lowest BCUT2D eigenvalue weighted by molar-refractivity contribution is -0.145. The predicted octanol–water partition coefficient (Wildman–Crippen LogP) is 1.74. The summed E-state index contributed by atoms with van der Waals surface area (Å²) < 4.78 is 25.8. The van der Waals surface area contributed by atoms with Crippen molar-refractivity contribution in [3.8, 4) is 11.5 Å². The van der Waals surface area contributed by atoms with Crippen LogP contribution in [-0.2, 0) is 23.8 Å². The lowest BCUT2D eigenvalue weighted by Gasteiger charge is -2.09. The van der Waals surface area contributed by atoms with E-state index in [9.17, 15) is 9.59 Å².